The number of hydrogen-bond acceptors (Lipinski definition) is 6. The van der Waals surface area contributed by atoms with E-state index in [4.69, 9.17) is 9.47 Å². The molecule has 0 N–H and O–H groups in total. The third-order valence-corrected chi connectivity index (χ3v) is 3.44. The van der Waals surface area contributed by atoms with E-state index in [0.717, 1.165) is 0 Å². The molecule has 0 aliphatic heterocycles. The number of rotatable bonds is 5. The molecule has 0 fully saturated rings. The standard InChI is InChI=1S/C12H10O4S2/c13-9(15-11-3-1-7-17-11)5-6-10(14)16-12-4-2-8-18-12/h1-4,7-8H,5-6H2. The van der Waals surface area contributed by atoms with Gasteiger partial charge in [0, 0.05) is 0 Å². The number of ether oxygens (including phenoxy) is 2. The van der Waals surface area contributed by atoms with Crippen molar-refractivity contribution in [3.63, 3.8) is 0 Å². The zero-order valence-electron chi connectivity index (χ0n) is 9.33. The van der Waals surface area contributed by atoms with Gasteiger partial charge < -0.3 is 9.47 Å². The maximum Gasteiger partial charge on any atom is 0.312 e. The summed E-state index contributed by atoms with van der Waals surface area (Å²) in [6.45, 7) is 0. The number of carbonyl (C=O) groups is 2. The Morgan fingerprint density at radius 1 is 0.889 bits per heavy atom. The summed E-state index contributed by atoms with van der Waals surface area (Å²) in [5.41, 5.74) is 0. The summed E-state index contributed by atoms with van der Waals surface area (Å²) in [4.78, 5) is 22.8. The van der Waals surface area contributed by atoms with Crippen LogP contribution >= 0.6 is 22.7 Å². The first-order valence-electron chi connectivity index (χ1n) is 5.22. The Morgan fingerprint density at radius 3 is 1.67 bits per heavy atom. The van der Waals surface area contributed by atoms with Gasteiger partial charge in [-0.25, -0.2) is 0 Å². The van der Waals surface area contributed by atoms with Crippen molar-refractivity contribution in [1.82, 2.24) is 0 Å². The van der Waals surface area contributed by atoms with Crippen molar-refractivity contribution in [3.8, 4) is 10.1 Å². The Hall–Kier alpha value is -1.66. The van der Waals surface area contributed by atoms with Crippen LogP contribution < -0.4 is 9.47 Å². The molecule has 94 valence electrons. The van der Waals surface area contributed by atoms with E-state index in [2.05, 4.69) is 0 Å². The molecule has 4 nitrogen and oxygen atoms in total. The van der Waals surface area contributed by atoms with E-state index >= 15 is 0 Å². The van der Waals surface area contributed by atoms with Gasteiger partial charge in [0.25, 0.3) is 0 Å². The van der Waals surface area contributed by atoms with Crippen molar-refractivity contribution < 1.29 is 19.1 Å². The maximum atomic E-state index is 11.4. The van der Waals surface area contributed by atoms with Crippen molar-refractivity contribution in [2.24, 2.45) is 0 Å². The van der Waals surface area contributed by atoms with Crippen LogP contribution in [0, 0.1) is 0 Å². The third-order valence-electron chi connectivity index (χ3n) is 1.95. The van der Waals surface area contributed by atoms with E-state index < -0.39 is 11.9 Å². The van der Waals surface area contributed by atoms with Gasteiger partial charge in [0.05, 0.1) is 12.8 Å². The fourth-order valence-corrected chi connectivity index (χ4v) is 2.35. The minimum absolute atomic E-state index is 0.0160. The van der Waals surface area contributed by atoms with E-state index in [9.17, 15) is 9.59 Å². The Labute approximate surface area is 112 Å². The van der Waals surface area contributed by atoms with Crippen LogP contribution in [0.15, 0.2) is 35.0 Å². The topological polar surface area (TPSA) is 52.6 Å². The quantitative estimate of drug-likeness (QED) is 0.791. The summed E-state index contributed by atoms with van der Waals surface area (Å²) in [5, 5.41) is 4.69. The first-order valence-corrected chi connectivity index (χ1v) is 6.98. The number of carbonyl (C=O) groups excluding carboxylic acids is 2. The second kappa shape index (κ2) is 6.32. The summed E-state index contributed by atoms with van der Waals surface area (Å²) in [6, 6.07) is 6.98. The molecule has 0 atom stereocenters. The lowest BCUT2D eigenvalue weighted by molar-refractivity contribution is -0.140. The fraction of sp³-hybridized carbons (Fsp3) is 0.167. The smallest absolute Gasteiger partial charge is 0.312 e. The molecule has 0 saturated heterocycles. The van der Waals surface area contributed by atoms with E-state index in [1.165, 1.54) is 22.7 Å². The maximum absolute atomic E-state index is 11.4. The molecule has 0 amide bonds. The highest BCUT2D eigenvalue weighted by Gasteiger charge is 2.11. The molecule has 0 saturated carbocycles. The van der Waals surface area contributed by atoms with Crippen molar-refractivity contribution in [3.05, 3.63) is 35.0 Å². The Kier molecular flexibility index (Phi) is 4.49. The predicted octanol–water partition coefficient (Wildman–Crippen LogP) is 3.10. The highest BCUT2D eigenvalue weighted by Crippen LogP contribution is 2.20. The molecular weight excluding hydrogens is 272 g/mol. The number of hydrogen-bond donors (Lipinski definition) is 0. The van der Waals surface area contributed by atoms with Crippen LogP contribution in [-0.2, 0) is 9.59 Å². The Morgan fingerprint density at radius 2 is 1.33 bits per heavy atom. The number of thiophene rings is 2. The molecular formula is C12H10O4S2. The first kappa shape index (κ1) is 12.8. The molecule has 2 rings (SSSR count). The van der Waals surface area contributed by atoms with Crippen LogP contribution in [0.5, 0.6) is 10.1 Å². The van der Waals surface area contributed by atoms with Gasteiger partial charge in [-0.1, -0.05) is 0 Å². The van der Waals surface area contributed by atoms with Crippen molar-refractivity contribution in [1.29, 1.82) is 0 Å². The van der Waals surface area contributed by atoms with Crippen LogP contribution in [0.3, 0.4) is 0 Å². The monoisotopic (exact) mass is 282 g/mol. The van der Waals surface area contributed by atoms with Gasteiger partial charge in [-0.3, -0.25) is 9.59 Å². The van der Waals surface area contributed by atoms with E-state index in [1.54, 1.807) is 24.3 Å². The summed E-state index contributed by atoms with van der Waals surface area (Å²) in [7, 11) is 0. The lowest BCUT2D eigenvalue weighted by Gasteiger charge is -2.02. The highest BCUT2D eigenvalue weighted by atomic mass is 32.1. The van der Waals surface area contributed by atoms with Crippen LogP contribution in [0.1, 0.15) is 12.8 Å². The summed E-state index contributed by atoms with van der Waals surface area (Å²) >= 11 is 2.66. The Bertz CT molecular complexity index is 454. The average molecular weight is 282 g/mol. The summed E-state index contributed by atoms with van der Waals surface area (Å²) in [5.74, 6) is -0.860. The van der Waals surface area contributed by atoms with E-state index in [-0.39, 0.29) is 12.8 Å². The molecule has 0 aliphatic carbocycles. The molecule has 6 heteroatoms. The molecule has 2 aromatic rings. The van der Waals surface area contributed by atoms with E-state index in [0.29, 0.717) is 10.1 Å². The predicted molar refractivity (Wildman–Crippen MR) is 69.1 cm³/mol. The van der Waals surface area contributed by atoms with Crippen molar-refractivity contribution in [2.45, 2.75) is 12.8 Å². The van der Waals surface area contributed by atoms with Gasteiger partial charge in [0.1, 0.15) is 0 Å². The van der Waals surface area contributed by atoms with Gasteiger partial charge >= 0.3 is 11.9 Å². The lowest BCUT2D eigenvalue weighted by Crippen LogP contribution is -2.13. The first-order chi connectivity index (χ1) is 8.74. The molecule has 0 radical (unpaired) electrons. The molecule has 0 aliphatic rings. The molecule has 2 aromatic heterocycles. The van der Waals surface area contributed by atoms with E-state index in [1.807, 2.05) is 10.8 Å². The SMILES string of the molecule is O=C(CCC(=O)Oc1cccs1)Oc1cccs1. The third kappa shape index (κ3) is 3.97. The van der Waals surface area contributed by atoms with Crippen LogP contribution in [0.4, 0.5) is 0 Å². The summed E-state index contributed by atoms with van der Waals surface area (Å²) < 4.78 is 10.0. The lowest BCUT2D eigenvalue weighted by atomic mass is 10.3. The van der Waals surface area contributed by atoms with Gasteiger partial charge in [-0.15, -0.1) is 22.7 Å². The molecule has 0 unspecified atom stereocenters. The van der Waals surface area contributed by atoms with Crippen molar-refractivity contribution >= 4 is 34.6 Å². The van der Waals surface area contributed by atoms with Crippen LogP contribution in [0.2, 0.25) is 0 Å². The van der Waals surface area contributed by atoms with Crippen LogP contribution in [0.25, 0.3) is 0 Å². The zero-order valence-corrected chi connectivity index (χ0v) is 11.0. The molecule has 0 spiro atoms. The largest absolute Gasteiger partial charge is 0.415 e. The van der Waals surface area contributed by atoms with Gasteiger partial charge in [0.2, 0.25) is 0 Å². The fourth-order valence-electron chi connectivity index (χ4n) is 1.17. The highest BCUT2D eigenvalue weighted by molar-refractivity contribution is 7.12. The zero-order chi connectivity index (χ0) is 12.8. The Balaban J connectivity index is 1.71. The number of esters is 2. The normalized spacial score (nSPS) is 10.0. The average Bonchev–Trinajstić information content (AvgIpc) is 2.99. The minimum Gasteiger partial charge on any atom is -0.415 e. The molecule has 0 bridgehead atoms. The minimum atomic E-state index is -0.430. The van der Waals surface area contributed by atoms with Gasteiger partial charge in [0.15, 0.2) is 10.1 Å². The molecule has 18 heavy (non-hydrogen) atoms. The second-order valence-electron chi connectivity index (χ2n) is 3.31. The van der Waals surface area contributed by atoms with Gasteiger partial charge in [-0.2, -0.15) is 0 Å². The molecule has 2 heterocycles. The van der Waals surface area contributed by atoms with Crippen molar-refractivity contribution in [2.75, 3.05) is 0 Å². The summed E-state index contributed by atoms with van der Waals surface area (Å²) in [6.07, 6.45) is 0.0320. The molecule has 0 aromatic carbocycles. The van der Waals surface area contributed by atoms with Crippen LogP contribution in [-0.4, -0.2) is 11.9 Å². The van der Waals surface area contributed by atoms with Gasteiger partial charge in [-0.05, 0) is 35.0 Å². The second-order valence-corrected chi connectivity index (χ2v) is 5.13.